The molecule has 0 fully saturated rings. The number of rotatable bonds is 7. The van der Waals surface area contributed by atoms with Gasteiger partial charge in [0, 0.05) is 16.9 Å². The third-order valence-corrected chi connectivity index (χ3v) is 3.69. The number of para-hydroxylation sites is 1. The molecule has 1 N–H and O–H groups in total. The second-order valence-corrected chi connectivity index (χ2v) is 5.08. The van der Waals surface area contributed by atoms with E-state index < -0.39 is 0 Å². The first-order valence-electron chi connectivity index (χ1n) is 5.74. The first kappa shape index (κ1) is 13.5. The molecular formula is C13H20BrNO. The first-order chi connectivity index (χ1) is 7.77. The van der Waals surface area contributed by atoms with E-state index in [1.165, 1.54) is 12.0 Å². The topological polar surface area (TPSA) is 21.3 Å². The summed E-state index contributed by atoms with van der Waals surface area (Å²) in [7, 11) is 1.71. The zero-order chi connectivity index (χ0) is 11.8. The maximum Gasteiger partial charge on any atom is 0.123 e. The number of ether oxygens (including phenoxy) is 1. The summed E-state index contributed by atoms with van der Waals surface area (Å²) in [6.45, 7) is 4.09. The number of alkyl halides is 1. The minimum atomic E-state index is 0.623. The highest BCUT2D eigenvalue weighted by Gasteiger charge is 2.02. The van der Waals surface area contributed by atoms with Crippen molar-refractivity contribution in [2.24, 2.45) is 0 Å². The molecule has 0 amide bonds. The van der Waals surface area contributed by atoms with Crippen LogP contribution in [0.5, 0.6) is 5.75 Å². The Balaban J connectivity index is 2.31. The first-order valence-corrected chi connectivity index (χ1v) is 6.66. The Labute approximate surface area is 107 Å². The van der Waals surface area contributed by atoms with E-state index in [0.717, 1.165) is 25.3 Å². The third-order valence-electron chi connectivity index (χ3n) is 2.59. The van der Waals surface area contributed by atoms with E-state index in [9.17, 15) is 0 Å². The molecule has 1 atom stereocenters. The Morgan fingerprint density at radius 2 is 2.12 bits per heavy atom. The van der Waals surface area contributed by atoms with Crippen molar-refractivity contribution >= 4 is 15.9 Å². The number of benzene rings is 1. The number of nitrogens with one attached hydrogen (secondary N) is 1. The molecule has 0 saturated carbocycles. The van der Waals surface area contributed by atoms with Crippen molar-refractivity contribution in [3.63, 3.8) is 0 Å². The Kier molecular flexibility index (Phi) is 6.50. The molecule has 16 heavy (non-hydrogen) atoms. The summed E-state index contributed by atoms with van der Waals surface area (Å²) in [5, 5.41) is 3.43. The van der Waals surface area contributed by atoms with Crippen LogP contribution in [-0.2, 0) is 6.54 Å². The van der Waals surface area contributed by atoms with Crippen molar-refractivity contribution in [3.8, 4) is 5.75 Å². The summed E-state index contributed by atoms with van der Waals surface area (Å²) in [5.74, 6) is 0.959. The summed E-state index contributed by atoms with van der Waals surface area (Å²) in [6, 6.07) is 8.13. The lowest BCUT2D eigenvalue weighted by molar-refractivity contribution is 0.407. The van der Waals surface area contributed by atoms with Gasteiger partial charge in [0.1, 0.15) is 5.75 Å². The van der Waals surface area contributed by atoms with Gasteiger partial charge < -0.3 is 10.1 Å². The third kappa shape index (κ3) is 4.54. The minimum absolute atomic E-state index is 0.623. The van der Waals surface area contributed by atoms with Crippen molar-refractivity contribution in [2.75, 3.05) is 13.7 Å². The van der Waals surface area contributed by atoms with E-state index >= 15 is 0 Å². The maximum atomic E-state index is 5.30. The Morgan fingerprint density at radius 3 is 2.81 bits per heavy atom. The Morgan fingerprint density at radius 1 is 1.38 bits per heavy atom. The molecular weight excluding hydrogens is 266 g/mol. The van der Waals surface area contributed by atoms with Gasteiger partial charge in [-0.25, -0.2) is 0 Å². The average molecular weight is 286 g/mol. The summed E-state index contributed by atoms with van der Waals surface area (Å²) >= 11 is 3.63. The molecule has 0 aromatic heterocycles. The summed E-state index contributed by atoms with van der Waals surface area (Å²) in [6.07, 6.45) is 2.34. The Hall–Kier alpha value is -0.540. The van der Waals surface area contributed by atoms with Crippen LogP contribution < -0.4 is 10.1 Å². The lowest BCUT2D eigenvalue weighted by Gasteiger charge is -2.10. The smallest absolute Gasteiger partial charge is 0.123 e. The summed E-state index contributed by atoms with van der Waals surface area (Å²) in [4.78, 5) is 0.623. The van der Waals surface area contributed by atoms with Crippen LogP contribution in [0, 0.1) is 0 Å². The quantitative estimate of drug-likeness (QED) is 0.613. The number of hydrogen-bond acceptors (Lipinski definition) is 2. The zero-order valence-corrected chi connectivity index (χ0v) is 11.6. The second kappa shape index (κ2) is 7.69. The molecule has 2 nitrogen and oxygen atoms in total. The van der Waals surface area contributed by atoms with Crippen molar-refractivity contribution in [1.82, 2.24) is 5.32 Å². The van der Waals surface area contributed by atoms with Crippen LogP contribution in [0.2, 0.25) is 0 Å². The van der Waals surface area contributed by atoms with Crippen molar-refractivity contribution in [2.45, 2.75) is 31.1 Å². The van der Waals surface area contributed by atoms with E-state index in [1.807, 2.05) is 18.2 Å². The van der Waals surface area contributed by atoms with Crippen LogP contribution >= 0.6 is 15.9 Å². The molecule has 0 spiro atoms. The highest BCUT2D eigenvalue weighted by atomic mass is 79.9. The summed E-state index contributed by atoms with van der Waals surface area (Å²) in [5.41, 5.74) is 1.22. The van der Waals surface area contributed by atoms with Gasteiger partial charge in [0.25, 0.3) is 0 Å². The van der Waals surface area contributed by atoms with Gasteiger partial charge in [-0.15, -0.1) is 0 Å². The van der Waals surface area contributed by atoms with Gasteiger partial charge in [-0.05, 0) is 25.5 Å². The minimum Gasteiger partial charge on any atom is -0.496 e. The fourth-order valence-electron chi connectivity index (χ4n) is 1.53. The number of halogens is 1. The SMILES string of the molecule is CCC(Br)CCNCc1ccccc1OC. The van der Waals surface area contributed by atoms with E-state index in [0.29, 0.717) is 4.83 Å². The van der Waals surface area contributed by atoms with Gasteiger partial charge >= 0.3 is 0 Å². The van der Waals surface area contributed by atoms with Gasteiger partial charge in [-0.3, -0.25) is 0 Å². The predicted octanol–water partition coefficient (Wildman–Crippen LogP) is 3.35. The number of hydrogen-bond donors (Lipinski definition) is 1. The fraction of sp³-hybridized carbons (Fsp3) is 0.538. The molecule has 1 aromatic rings. The fourth-order valence-corrected chi connectivity index (χ4v) is 1.76. The summed E-state index contributed by atoms with van der Waals surface area (Å²) < 4.78 is 5.30. The van der Waals surface area contributed by atoms with Crippen molar-refractivity contribution < 1.29 is 4.74 Å². The molecule has 0 bridgehead atoms. The molecule has 0 aliphatic carbocycles. The maximum absolute atomic E-state index is 5.30. The Bertz CT molecular complexity index is 304. The van der Waals surface area contributed by atoms with Crippen LogP contribution in [0.1, 0.15) is 25.3 Å². The van der Waals surface area contributed by atoms with E-state index in [-0.39, 0.29) is 0 Å². The van der Waals surface area contributed by atoms with Crippen LogP contribution in [0.3, 0.4) is 0 Å². The van der Waals surface area contributed by atoms with Crippen molar-refractivity contribution in [3.05, 3.63) is 29.8 Å². The molecule has 1 rings (SSSR count). The monoisotopic (exact) mass is 285 g/mol. The largest absolute Gasteiger partial charge is 0.496 e. The molecule has 3 heteroatoms. The molecule has 0 aliphatic heterocycles. The highest BCUT2D eigenvalue weighted by molar-refractivity contribution is 9.09. The van der Waals surface area contributed by atoms with Gasteiger partial charge in [0.05, 0.1) is 7.11 Å². The zero-order valence-electron chi connectivity index (χ0n) is 10.0. The lowest BCUT2D eigenvalue weighted by atomic mass is 10.2. The van der Waals surface area contributed by atoms with Gasteiger partial charge in [0.15, 0.2) is 0 Å². The van der Waals surface area contributed by atoms with Crippen LogP contribution in [0.25, 0.3) is 0 Å². The standard InChI is InChI=1S/C13H20BrNO/c1-3-12(14)8-9-15-10-11-6-4-5-7-13(11)16-2/h4-7,12,15H,3,8-10H2,1-2H3. The normalized spacial score (nSPS) is 12.4. The van der Waals surface area contributed by atoms with E-state index in [2.05, 4.69) is 34.2 Å². The number of methoxy groups -OCH3 is 1. The molecule has 0 radical (unpaired) electrons. The molecule has 1 unspecified atom stereocenters. The molecule has 90 valence electrons. The highest BCUT2D eigenvalue weighted by Crippen LogP contribution is 2.16. The van der Waals surface area contributed by atoms with Gasteiger partial charge in [-0.2, -0.15) is 0 Å². The predicted molar refractivity (Wildman–Crippen MR) is 72.3 cm³/mol. The van der Waals surface area contributed by atoms with E-state index in [1.54, 1.807) is 7.11 Å². The van der Waals surface area contributed by atoms with Gasteiger partial charge in [0.2, 0.25) is 0 Å². The molecule has 0 heterocycles. The second-order valence-electron chi connectivity index (χ2n) is 3.78. The van der Waals surface area contributed by atoms with Crippen LogP contribution in [0.4, 0.5) is 0 Å². The average Bonchev–Trinajstić information content (AvgIpc) is 2.34. The molecule has 0 aliphatic rings. The van der Waals surface area contributed by atoms with Crippen molar-refractivity contribution in [1.29, 1.82) is 0 Å². The van der Waals surface area contributed by atoms with Gasteiger partial charge in [-0.1, -0.05) is 41.1 Å². The molecule has 1 aromatic carbocycles. The molecule has 0 saturated heterocycles. The van der Waals surface area contributed by atoms with Crippen LogP contribution in [-0.4, -0.2) is 18.5 Å². The lowest BCUT2D eigenvalue weighted by Crippen LogP contribution is -2.18. The van der Waals surface area contributed by atoms with E-state index in [4.69, 9.17) is 4.74 Å². The van der Waals surface area contributed by atoms with Crippen LogP contribution in [0.15, 0.2) is 24.3 Å².